The molecule has 1 heterocycles. The van der Waals surface area contributed by atoms with Crippen molar-refractivity contribution >= 4 is 45.2 Å². The number of hydrogen-bond donors (Lipinski definition) is 1. The third-order valence-electron chi connectivity index (χ3n) is 4.37. The Morgan fingerprint density at radius 2 is 1.79 bits per heavy atom. The molecule has 1 amide bonds. The fourth-order valence-electron chi connectivity index (χ4n) is 2.77. The topological polar surface area (TPSA) is 75.7 Å². The van der Waals surface area contributed by atoms with Crippen LogP contribution < -0.4 is 5.32 Å². The van der Waals surface area contributed by atoms with Crippen molar-refractivity contribution in [2.24, 2.45) is 0 Å². The highest BCUT2D eigenvalue weighted by Gasteiger charge is 2.26. The lowest BCUT2D eigenvalue weighted by Crippen LogP contribution is -2.40. The van der Waals surface area contributed by atoms with Gasteiger partial charge in [0, 0.05) is 35.8 Å². The van der Waals surface area contributed by atoms with Crippen LogP contribution in [0.15, 0.2) is 53.4 Å². The number of ether oxygens (including phenoxy) is 1. The molecule has 0 aromatic heterocycles. The summed E-state index contributed by atoms with van der Waals surface area (Å²) in [4.78, 5) is 12.3. The molecule has 0 saturated carbocycles. The molecule has 1 fully saturated rings. The van der Waals surface area contributed by atoms with Gasteiger partial charge in [-0.05, 0) is 47.5 Å². The molecule has 1 saturated heterocycles. The zero-order valence-electron chi connectivity index (χ0n) is 15.5. The number of sulfonamides is 1. The third kappa shape index (κ3) is 5.81. The van der Waals surface area contributed by atoms with Crippen molar-refractivity contribution in [2.45, 2.75) is 11.4 Å². The van der Waals surface area contributed by atoms with Gasteiger partial charge in [0.15, 0.2) is 0 Å². The number of morpholine rings is 1. The Kier molecular flexibility index (Phi) is 7.32. The molecule has 2 aromatic rings. The smallest absolute Gasteiger partial charge is 0.244 e. The van der Waals surface area contributed by atoms with Gasteiger partial charge in [0.25, 0.3) is 0 Å². The first kappa shape index (κ1) is 21.8. The molecule has 2 aromatic carbocycles. The molecule has 0 bridgehead atoms. The van der Waals surface area contributed by atoms with E-state index in [2.05, 4.69) is 5.32 Å². The number of hydrogen-bond acceptors (Lipinski definition) is 4. The average Bonchev–Trinajstić information content (AvgIpc) is 2.74. The Morgan fingerprint density at radius 3 is 2.48 bits per heavy atom. The summed E-state index contributed by atoms with van der Waals surface area (Å²) in [6, 6.07) is 11.5. The number of amides is 1. The number of halogens is 2. The number of carbonyl (C=O) groups is 1. The molecule has 0 aliphatic carbocycles. The predicted molar refractivity (Wildman–Crippen MR) is 113 cm³/mol. The summed E-state index contributed by atoms with van der Waals surface area (Å²) in [6.07, 6.45) is 2.95. The summed E-state index contributed by atoms with van der Waals surface area (Å²) in [6.45, 7) is 1.77. The largest absolute Gasteiger partial charge is 0.379 e. The molecule has 1 aliphatic rings. The number of nitrogens with one attached hydrogen (secondary N) is 1. The minimum Gasteiger partial charge on any atom is -0.379 e. The van der Waals surface area contributed by atoms with E-state index in [-0.39, 0.29) is 17.3 Å². The Hall–Kier alpha value is -1.90. The van der Waals surface area contributed by atoms with Gasteiger partial charge < -0.3 is 10.1 Å². The molecule has 3 rings (SSSR count). The normalized spacial score (nSPS) is 15.5. The maximum absolute atomic E-state index is 12.6. The van der Waals surface area contributed by atoms with Crippen LogP contribution in [-0.4, -0.2) is 44.9 Å². The molecule has 6 nitrogen and oxygen atoms in total. The minimum atomic E-state index is -3.53. The van der Waals surface area contributed by atoms with E-state index in [0.717, 1.165) is 5.56 Å². The SMILES string of the molecule is O=C(/C=C/c1cc(Cl)ccc1Cl)NCc1ccc(S(=O)(=O)N2CCOCC2)cc1. The van der Waals surface area contributed by atoms with Crippen LogP contribution in [0.1, 0.15) is 11.1 Å². The average molecular weight is 455 g/mol. The number of carbonyl (C=O) groups excluding carboxylic acids is 1. The van der Waals surface area contributed by atoms with Gasteiger partial charge in [-0.1, -0.05) is 35.3 Å². The van der Waals surface area contributed by atoms with Crippen molar-refractivity contribution in [2.75, 3.05) is 26.3 Å². The van der Waals surface area contributed by atoms with E-state index < -0.39 is 10.0 Å². The lowest BCUT2D eigenvalue weighted by atomic mass is 10.2. The number of rotatable bonds is 6. The van der Waals surface area contributed by atoms with Crippen molar-refractivity contribution in [1.29, 1.82) is 0 Å². The van der Waals surface area contributed by atoms with Gasteiger partial charge in [-0.2, -0.15) is 4.31 Å². The molecule has 0 atom stereocenters. The molecule has 0 unspecified atom stereocenters. The fourth-order valence-corrected chi connectivity index (χ4v) is 4.54. The van der Waals surface area contributed by atoms with Crippen molar-refractivity contribution in [3.8, 4) is 0 Å². The highest BCUT2D eigenvalue weighted by Crippen LogP contribution is 2.22. The lowest BCUT2D eigenvalue weighted by molar-refractivity contribution is -0.116. The Bertz CT molecular complexity index is 1000. The summed E-state index contributed by atoms with van der Waals surface area (Å²) >= 11 is 12.0. The highest BCUT2D eigenvalue weighted by molar-refractivity contribution is 7.89. The van der Waals surface area contributed by atoms with Gasteiger partial charge in [0.1, 0.15) is 0 Å². The van der Waals surface area contributed by atoms with E-state index >= 15 is 0 Å². The Balaban J connectivity index is 1.58. The molecule has 9 heteroatoms. The van der Waals surface area contributed by atoms with Crippen molar-refractivity contribution in [3.05, 3.63) is 69.7 Å². The van der Waals surface area contributed by atoms with Crippen LogP contribution >= 0.6 is 23.2 Å². The molecule has 0 spiro atoms. The van der Waals surface area contributed by atoms with Gasteiger partial charge >= 0.3 is 0 Å². The second-order valence-electron chi connectivity index (χ2n) is 6.38. The zero-order chi connectivity index (χ0) is 20.9. The van der Waals surface area contributed by atoms with Gasteiger partial charge in [-0.15, -0.1) is 0 Å². The van der Waals surface area contributed by atoms with Crippen molar-refractivity contribution in [3.63, 3.8) is 0 Å². The van der Waals surface area contributed by atoms with Gasteiger partial charge in [0.05, 0.1) is 18.1 Å². The maximum Gasteiger partial charge on any atom is 0.244 e. The van der Waals surface area contributed by atoms with Crippen LogP contribution in [0.5, 0.6) is 0 Å². The van der Waals surface area contributed by atoms with Crippen LogP contribution in [0.2, 0.25) is 10.0 Å². The fraction of sp³-hybridized carbons (Fsp3) is 0.250. The van der Waals surface area contributed by atoms with Gasteiger partial charge in [-0.25, -0.2) is 8.42 Å². The lowest BCUT2D eigenvalue weighted by Gasteiger charge is -2.26. The molecule has 154 valence electrons. The van der Waals surface area contributed by atoms with E-state index in [4.69, 9.17) is 27.9 Å². The van der Waals surface area contributed by atoms with E-state index in [1.807, 2.05) is 0 Å². The van der Waals surface area contributed by atoms with Crippen LogP contribution in [0.3, 0.4) is 0 Å². The summed E-state index contributed by atoms with van der Waals surface area (Å²) in [7, 11) is -3.53. The Morgan fingerprint density at radius 1 is 1.10 bits per heavy atom. The van der Waals surface area contributed by atoms with E-state index in [1.54, 1.807) is 48.5 Å². The van der Waals surface area contributed by atoms with Crippen molar-refractivity contribution in [1.82, 2.24) is 9.62 Å². The summed E-state index contributed by atoms with van der Waals surface area (Å²) in [5.41, 5.74) is 1.43. The first-order valence-corrected chi connectivity index (χ1v) is 11.1. The highest BCUT2D eigenvalue weighted by atomic mass is 35.5. The Labute approximate surface area is 180 Å². The van der Waals surface area contributed by atoms with Gasteiger partial charge in [-0.3, -0.25) is 4.79 Å². The number of nitrogens with zero attached hydrogens (tertiary/aromatic N) is 1. The standard InChI is InChI=1S/C20H20Cl2N2O4S/c21-17-4-7-19(22)16(13-17)3-8-20(25)23-14-15-1-5-18(6-2-15)29(26,27)24-9-11-28-12-10-24/h1-8,13H,9-12,14H2,(H,23,25)/b8-3+. The summed E-state index contributed by atoms with van der Waals surface area (Å²) in [5.74, 6) is -0.300. The molecule has 0 radical (unpaired) electrons. The zero-order valence-corrected chi connectivity index (χ0v) is 17.8. The van der Waals surface area contributed by atoms with E-state index in [1.165, 1.54) is 10.4 Å². The van der Waals surface area contributed by atoms with Crippen LogP contribution in [0.25, 0.3) is 6.08 Å². The maximum atomic E-state index is 12.6. The third-order valence-corrected chi connectivity index (χ3v) is 6.86. The van der Waals surface area contributed by atoms with Gasteiger partial charge in [0.2, 0.25) is 15.9 Å². The minimum absolute atomic E-state index is 0.227. The monoisotopic (exact) mass is 454 g/mol. The molecule has 1 aliphatic heterocycles. The molecule has 1 N–H and O–H groups in total. The first-order valence-electron chi connectivity index (χ1n) is 8.94. The summed E-state index contributed by atoms with van der Waals surface area (Å²) < 4.78 is 31.8. The van der Waals surface area contributed by atoms with Crippen molar-refractivity contribution < 1.29 is 17.9 Å². The molecular weight excluding hydrogens is 435 g/mol. The predicted octanol–water partition coefficient (Wildman–Crippen LogP) is 3.34. The summed E-state index contributed by atoms with van der Waals surface area (Å²) in [5, 5.41) is 3.77. The number of benzene rings is 2. The van der Waals surface area contributed by atoms with Crippen LogP contribution in [0.4, 0.5) is 0 Å². The first-order chi connectivity index (χ1) is 13.9. The van der Waals surface area contributed by atoms with E-state index in [9.17, 15) is 13.2 Å². The second-order valence-corrected chi connectivity index (χ2v) is 9.16. The molecular formula is C20H20Cl2N2O4S. The van der Waals surface area contributed by atoms with Crippen LogP contribution in [-0.2, 0) is 26.1 Å². The van der Waals surface area contributed by atoms with E-state index in [0.29, 0.717) is 41.9 Å². The quantitative estimate of drug-likeness (QED) is 0.678. The van der Waals surface area contributed by atoms with Crippen LogP contribution in [0, 0.1) is 0 Å². The second kappa shape index (κ2) is 9.73. The molecule has 29 heavy (non-hydrogen) atoms.